The van der Waals surface area contributed by atoms with Crippen molar-refractivity contribution < 1.29 is 14.7 Å². The first-order valence-electron chi connectivity index (χ1n) is 4.71. The molecule has 0 fully saturated rings. The fraction of sp³-hybridized carbons (Fsp3) is 0.111. The summed E-state index contributed by atoms with van der Waals surface area (Å²) >= 11 is 0. The number of amides is 1. The molecule has 0 spiro atoms. The summed E-state index contributed by atoms with van der Waals surface area (Å²) in [5.74, 6) is -1.78. The van der Waals surface area contributed by atoms with Gasteiger partial charge in [0.25, 0.3) is 5.91 Å². The Hall–Kier alpha value is -2.64. The number of H-pyrrole nitrogens is 2. The van der Waals surface area contributed by atoms with Crippen molar-refractivity contribution in [3.8, 4) is 0 Å². The van der Waals surface area contributed by atoms with Crippen molar-refractivity contribution in [3.05, 3.63) is 35.7 Å². The molecule has 2 aromatic rings. The van der Waals surface area contributed by atoms with Gasteiger partial charge >= 0.3 is 5.97 Å². The van der Waals surface area contributed by atoms with Crippen LogP contribution in [0.3, 0.4) is 0 Å². The van der Waals surface area contributed by atoms with E-state index in [1.54, 1.807) is 12.4 Å². The van der Waals surface area contributed by atoms with Crippen molar-refractivity contribution >= 4 is 11.9 Å². The molecule has 8 heteroatoms. The molecule has 0 aliphatic rings. The number of carboxylic acid groups (broad SMARTS) is 1. The van der Waals surface area contributed by atoms with Crippen LogP contribution in [0.1, 0.15) is 26.5 Å². The third-order valence-electron chi connectivity index (χ3n) is 2.08. The summed E-state index contributed by atoms with van der Waals surface area (Å²) in [6.45, 7) is 0.251. The molecule has 17 heavy (non-hydrogen) atoms. The summed E-state index contributed by atoms with van der Waals surface area (Å²) in [5, 5.41) is 17.6. The molecule has 8 nitrogen and oxygen atoms in total. The Bertz CT molecular complexity index is 531. The lowest BCUT2D eigenvalue weighted by Gasteiger charge is -2.01. The van der Waals surface area contributed by atoms with Gasteiger partial charge in [-0.25, -0.2) is 9.78 Å². The second kappa shape index (κ2) is 4.47. The highest BCUT2D eigenvalue weighted by atomic mass is 16.4. The van der Waals surface area contributed by atoms with Crippen molar-refractivity contribution in [1.29, 1.82) is 0 Å². The van der Waals surface area contributed by atoms with Gasteiger partial charge in [0.1, 0.15) is 0 Å². The van der Waals surface area contributed by atoms with Crippen LogP contribution in [0, 0.1) is 0 Å². The maximum absolute atomic E-state index is 11.6. The number of imidazole rings is 1. The zero-order valence-electron chi connectivity index (χ0n) is 8.60. The fourth-order valence-electron chi connectivity index (χ4n) is 1.27. The van der Waals surface area contributed by atoms with E-state index in [2.05, 4.69) is 25.5 Å². The molecule has 0 saturated heterocycles. The van der Waals surface area contributed by atoms with Gasteiger partial charge in [0.15, 0.2) is 11.4 Å². The Morgan fingerprint density at radius 3 is 2.94 bits per heavy atom. The average Bonchev–Trinajstić information content (AvgIpc) is 2.96. The maximum Gasteiger partial charge on any atom is 0.354 e. The van der Waals surface area contributed by atoms with E-state index in [0.717, 1.165) is 11.9 Å². The van der Waals surface area contributed by atoms with E-state index in [-0.39, 0.29) is 17.9 Å². The Balaban J connectivity index is 2.04. The lowest BCUT2D eigenvalue weighted by Crippen LogP contribution is -2.25. The molecule has 0 unspecified atom stereocenters. The smallest absolute Gasteiger partial charge is 0.354 e. The highest BCUT2D eigenvalue weighted by Crippen LogP contribution is 2.03. The molecule has 0 bridgehead atoms. The molecule has 0 aromatic carbocycles. The van der Waals surface area contributed by atoms with E-state index in [0.29, 0.717) is 0 Å². The second-order valence-electron chi connectivity index (χ2n) is 3.22. The Labute approximate surface area is 95.1 Å². The van der Waals surface area contributed by atoms with Crippen LogP contribution < -0.4 is 5.32 Å². The summed E-state index contributed by atoms with van der Waals surface area (Å²) in [6, 6.07) is 0. The van der Waals surface area contributed by atoms with E-state index in [1.165, 1.54) is 0 Å². The van der Waals surface area contributed by atoms with Crippen LogP contribution in [-0.4, -0.2) is 37.1 Å². The molecule has 1 amide bonds. The lowest BCUT2D eigenvalue weighted by atomic mass is 10.3. The first-order chi connectivity index (χ1) is 8.18. The molecule has 0 aliphatic heterocycles. The minimum Gasteiger partial charge on any atom is -0.477 e. The van der Waals surface area contributed by atoms with Gasteiger partial charge in [-0.1, -0.05) is 0 Å². The summed E-state index contributed by atoms with van der Waals surface area (Å²) in [5.41, 5.74) is 0.418. The summed E-state index contributed by atoms with van der Waals surface area (Å²) in [6.07, 6.45) is 4.35. The largest absolute Gasteiger partial charge is 0.477 e. The lowest BCUT2D eigenvalue weighted by molar-refractivity contribution is 0.0685. The molecule has 0 aliphatic carbocycles. The van der Waals surface area contributed by atoms with Crippen LogP contribution in [0.5, 0.6) is 0 Å². The van der Waals surface area contributed by atoms with Crippen molar-refractivity contribution in [1.82, 2.24) is 25.5 Å². The van der Waals surface area contributed by atoms with Crippen molar-refractivity contribution in [2.75, 3.05) is 0 Å². The highest BCUT2D eigenvalue weighted by Gasteiger charge is 2.19. The van der Waals surface area contributed by atoms with Gasteiger partial charge in [-0.05, 0) is 0 Å². The molecule has 88 valence electrons. The molecule has 0 saturated carbocycles. The van der Waals surface area contributed by atoms with Gasteiger partial charge in [0, 0.05) is 18.3 Å². The Morgan fingerprint density at radius 2 is 2.29 bits per heavy atom. The molecule has 0 radical (unpaired) electrons. The number of hydrogen-bond acceptors (Lipinski definition) is 4. The van der Waals surface area contributed by atoms with E-state index in [4.69, 9.17) is 5.11 Å². The molecule has 2 rings (SSSR count). The van der Waals surface area contributed by atoms with Crippen LogP contribution in [0.15, 0.2) is 18.7 Å². The molecule has 4 N–H and O–H groups in total. The number of rotatable bonds is 4. The normalized spacial score (nSPS) is 10.1. The van der Waals surface area contributed by atoms with Gasteiger partial charge in [-0.15, -0.1) is 0 Å². The van der Waals surface area contributed by atoms with Crippen molar-refractivity contribution in [2.45, 2.75) is 6.54 Å². The zero-order valence-corrected chi connectivity index (χ0v) is 8.60. The summed E-state index contributed by atoms with van der Waals surface area (Å²) < 4.78 is 0. The number of carbonyl (C=O) groups is 2. The monoisotopic (exact) mass is 235 g/mol. The molecule has 2 aromatic heterocycles. The van der Waals surface area contributed by atoms with E-state index >= 15 is 0 Å². The van der Waals surface area contributed by atoms with Crippen LogP contribution in [0.2, 0.25) is 0 Å². The Morgan fingerprint density at radius 1 is 1.47 bits per heavy atom. The zero-order chi connectivity index (χ0) is 12.3. The van der Waals surface area contributed by atoms with Crippen LogP contribution in [-0.2, 0) is 6.54 Å². The number of carboxylic acids is 1. The van der Waals surface area contributed by atoms with Crippen LogP contribution in [0.4, 0.5) is 0 Å². The van der Waals surface area contributed by atoms with Gasteiger partial charge in [0.2, 0.25) is 0 Å². The van der Waals surface area contributed by atoms with E-state index in [9.17, 15) is 9.59 Å². The minimum absolute atomic E-state index is 0.138. The summed E-state index contributed by atoms with van der Waals surface area (Å²) in [4.78, 5) is 28.4. The number of aromatic carboxylic acids is 1. The SMILES string of the molecule is O=C(NCc1cn[nH]c1)c1nc[nH]c1C(=O)O. The van der Waals surface area contributed by atoms with Gasteiger partial charge in [-0.2, -0.15) is 5.10 Å². The number of nitrogens with zero attached hydrogens (tertiary/aromatic N) is 2. The predicted molar refractivity (Wildman–Crippen MR) is 55.3 cm³/mol. The van der Waals surface area contributed by atoms with Gasteiger partial charge < -0.3 is 15.4 Å². The average molecular weight is 235 g/mol. The van der Waals surface area contributed by atoms with Gasteiger partial charge in [0.05, 0.1) is 12.5 Å². The quantitative estimate of drug-likeness (QED) is 0.582. The number of aromatic amines is 2. The maximum atomic E-state index is 11.6. The molecule has 0 atom stereocenters. The van der Waals surface area contributed by atoms with Crippen molar-refractivity contribution in [2.24, 2.45) is 0 Å². The van der Waals surface area contributed by atoms with Crippen LogP contribution in [0.25, 0.3) is 0 Å². The first kappa shape index (κ1) is 10.9. The summed E-state index contributed by atoms with van der Waals surface area (Å²) in [7, 11) is 0. The van der Waals surface area contributed by atoms with Crippen LogP contribution >= 0.6 is 0 Å². The third kappa shape index (κ3) is 2.30. The minimum atomic E-state index is -1.23. The fourth-order valence-corrected chi connectivity index (χ4v) is 1.27. The van der Waals surface area contributed by atoms with E-state index < -0.39 is 11.9 Å². The number of aromatic nitrogens is 4. The van der Waals surface area contributed by atoms with Crippen molar-refractivity contribution in [3.63, 3.8) is 0 Å². The standard InChI is InChI=1S/C9H9N5O3/c15-8(10-1-5-2-13-14-3-5)6-7(9(16)17)12-4-11-6/h2-4H,1H2,(H,10,15)(H,11,12)(H,13,14)(H,16,17). The Kier molecular flexibility index (Phi) is 2.86. The molecule has 2 heterocycles. The number of carbonyl (C=O) groups excluding carboxylic acids is 1. The number of hydrogen-bond donors (Lipinski definition) is 4. The predicted octanol–water partition coefficient (Wildman–Crippen LogP) is -0.239. The number of nitrogens with one attached hydrogen (secondary N) is 3. The molecular formula is C9H9N5O3. The third-order valence-corrected chi connectivity index (χ3v) is 2.08. The highest BCUT2D eigenvalue weighted by molar-refractivity contribution is 6.02. The first-order valence-corrected chi connectivity index (χ1v) is 4.71. The topological polar surface area (TPSA) is 124 Å². The van der Waals surface area contributed by atoms with Gasteiger partial charge in [-0.3, -0.25) is 9.89 Å². The van der Waals surface area contributed by atoms with E-state index in [1.807, 2.05) is 0 Å². The molecular weight excluding hydrogens is 226 g/mol. The second-order valence-corrected chi connectivity index (χ2v) is 3.22.